The van der Waals surface area contributed by atoms with Crippen molar-refractivity contribution in [3.8, 4) is 0 Å². The number of piperazine rings is 1. The molecule has 0 aromatic heterocycles. The van der Waals surface area contributed by atoms with E-state index in [0.29, 0.717) is 56.2 Å². The molecular weight excluding hydrogens is 382 g/mol. The first-order valence-corrected chi connectivity index (χ1v) is 10.1. The van der Waals surface area contributed by atoms with Crippen LogP contribution in [0.5, 0.6) is 0 Å². The zero-order chi connectivity index (χ0) is 21.3. The van der Waals surface area contributed by atoms with Gasteiger partial charge < -0.3 is 20.9 Å². The Morgan fingerprint density at radius 1 is 0.833 bits per heavy atom. The van der Waals surface area contributed by atoms with E-state index in [4.69, 9.17) is 0 Å². The Morgan fingerprint density at radius 3 is 2.03 bits per heavy atom. The quantitative estimate of drug-likeness (QED) is 0.682. The molecule has 8 heteroatoms. The molecule has 0 bridgehead atoms. The highest BCUT2D eigenvalue weighted by Crippen LogP contribution is 2.14. The van der Waals surface area contributed by atoms with Crippen molar-refractivity contribution in [2.45, 2.75) is 6.92 Å². The number of para-hydroxylation sites is 1. The number of rotatable bonds is 6. The Morgan fingerprint density at radius 2 is 1.43 bits per heavy atom. The molecule has 158 valence electrons. The average Bonchev–Trinajstić information content (AvgIpc) is 2.75. The summed E-state index contributed by atoms with van der Waals surface area (Å²) in [6.07, 6.45) is 0. The van der Waals surface area contributed by atoms with Gasteiger partial charge in [-0.25, -0.2) is 4.79 Å². The molecule has 0 saturated carbocycles. The van der Waals surface area contributed by atoms with Gasteiger partial charge in [-0.15, -0.1) is 0 Å². The molecule has 1 aliphatic rings. The van der Waals surface area contributed by atoms with Gasteiger partial charge in [0, 0.05) is 49.7 Å². The maximum atomic E-state index is 12.7. The van der Waals surface area contributed by atoms with Crippen LogP contribution in [-0.4, -0.2) is 66.9 Å². The molecule has 1 saturated heterocycles. The van der Waals surface area contributed by atoms with E-state index in [1.165, 1.54) is 0 Å². The maximum Gasteiger partial charge on any atom is 0.323 e. The van der Waals surface area contributed by atoms with Crippen molar-refractivity contribution < 1.29 is 14.4 Å². The topological polar surface area (TPSA) is 93.8 Å². The van der Waals surface area contributed by atoms with Crippen LogP contribution < -0.4 is 16.0 Å². The highest BCUT2D eigenvalue weighted by molar-refractivity contribution is 6.00. The largest absolute Gasteiger partial charge is 0.355 e. The van der Waals surface area contributed by atoms with Crippen LogP contribution in [-0.2, 0) is 4.79 Å². The van der Waals surface area contributed by atoms with Crippen LogP contribution in [0.2, 0.25) is 0 Å². The molecule has 3 rings (SSSR count). The van der Waals surface area contributed by atoms with Crippen LogP contribution in [0.3, 0.4) is 0 Å². The molecule has 1 aliphatic heterocycles. The van der Waals surface area contributed by atoms with Crippen molar-refractivity contribution >= 4 is 29.2 Å². The van der Waals surface area contributed by atoms with Crippen LogP contribution in [0.15, 0.2) is 54.6 Å². The van der Waals surface area contributed by atoms with Crippen LogP contribution in [0.25, 0.3) is 0 Å². The lowest BCUT2D eigenvalue weighted by Gasteiger charge is -2.34. The average molecular weight is 409 g/mol. The van der Waals surface area contributed by atoms with Gasteiger partial charge >= 0.3 is 6.03 Å². The normalized spacial score (nSPS) is 14.1. The third-order valence-corrected chi connectivity index (χ3v) is 4.82. The molecule has 3 N–H and O–H groups in total. The zero-order valence-electron chi connectivity index (χ0n) is 17.1. The van der Waals surface area contributed by atoms with E-state index < -0.39 is 0 Å². The number of hydrogen-bond donors (Lipinski definition) is 3. The maximum absolute atomic E-state index is 12.7. The van der Waals surface area contributed by atoms with Crippen LogP contribution in [0, 0.1) is 0 Å². The van der Waals surface area contributed by atoms with Gasteiger partial charge in [-0.2, -0.15) is 0 Å². The number of likely N-dealkylation sites (N-methyl/N-ethyl adjacent to an activating group) is 1. The number of carbonyl (C=O) groups excluding carboxylic acids is 3. The standard InChI is InChI=1S/C22H27N5O3/c1-2-23-20(28)16-26-12-14-27(15-13-26)21(29)17-8-10-19(11-9-17)25-22(30)24-18-6-4-3-5-7-18/h3-11H,2,12-16H2,1H3,(H,23,28)(H2,24,25,30). The molecule has 30 heavy (non-hydrogen) atoms. The third-order valence-electron chi connectivity index (χ3n) is 4.82. The zero-order valence-corrected chi connectivity index (χ0v) is 17.1. The molecule has 8 nitrogen and oxygen atoms in total. The monoisotopic (exact) mass is 409 g/mol. The molecular formula is C22H27N5O3. The second kappa shape index (κ2) is 10.4. The van der Waals surface area contributed by atoms with Crippen molar-refractivity contribution in [1.82, 2.24) is 15.1 Å². The first-order valence-electron chi connectivity index (χ1n) is 10.1. The van der Waals surface area contributed by atoms with Gasteiger partial charge in [0.2, 0.25) is 5.91 Å². The molecule has 1 heterocycles. The van der Waals surface area contributed by atoms with Gasteiger partial charge in [-0.1, -0.05) is 18.2 Å². The van der Waals surface area contributed by atoms with Gasteiger partial charge in [0.1, 0.15) is 0 Å². The molecule has 0 spiro atoms. The number of amides is 4. The fraction of sp³-hybridized carbons (Fsp3) is 0.318. The number of urea groups is 1. The summed E-state index contributed by atoms with van der Waals surface area (Å²) in [6, 6.07) is 15.7. The Hall–Kier alpha value is -3.39. The second-order valence-electron chi connectivity index (χ2n) is 7.04. The van der Waals surface area contributed by atoms with Gasteiger partial charge in [0.25, 0.3) is 5.91 Å². The molecule has 1 fully saturated rings. The Bertz CT molecular complexity index is 862. The highest BCUT2D eigenvalue weighted by Gasteiger charge is 2.23. The summed E-state index contributed by atoms with van der Waals surface area (Å²) in [7, 11) is 0. The van der Waals surface area contributed by atoms with E-state index in [-0.39, 0.29) is 17.8 Å². The van der Waals surface area contributed by atoms with Gasteiger partial charge in [0.15, 0.2) is 0 Å². The van der Waals surface area contributed by atoms with Gasteiger partial charge in [-0.05, 0) is 43.3 Å². The minimum Gasteiger partial charge on any atom is -0.355 e. The number of hydrogen-bond acceptors (Lipinski definition) is 4. The summed E-state index contributed by atoms with van der Waals surface area (Å²) < 4.78 is 0. The van der Waals surface area contributed by atoms with E-state index in [0.717, 1.165) is 0 Å². The molecule has 0 unspecified atom stereocenters. The van der Waals surface area contributed by atoms with E-state index >= 15 is 0 Å². The lowest BCUT2D eigenvalue weighted by atomic mass is 10.1. The number of anilines is 2. The van der Waals surface area contributed by atoms with Crippen molar-refractivity contribution in [1.29, 1.82) is 0 Å². The minimum atomic E-state index is -0.344. The van der Waals surface area contributed by atoms with E-state index in [9.17, 15) is 14.4 Å². The molecule has 2 aromatic rings. The van der Waals surface area contributed by atoms with Crippen molar-refractivity contribution in [2.75, 3.05) is 49.9 Å². The summed E-state index contributed by atoms with van der Waals surface area (Å²) in [5, 5.41) is 8.29. The molecule has 4 amide bonds. The van der Waals surface area contributed by atoms with Crippen LogP contribution in [0.4, 0.5) is 16.2 Å². The third kappa shape index (κ3) is 6.05. The first-order chi connectivity index (χ1) is 14.5. The van der Waals surface area contributed by atoms with Crippen molar-refractivity contribution in [3.63, 3.8) is 0 Å². The van der Waals surface area contributed by atoms with Crippen LogP contribution >= 0.6 is 0 Å². The second-order valence-corrected chi connectivity index (χ2v) is 7.04. The molecule has 0 radical (unpaired) electrons. The summed E-state index contributed by atoms with van der Waals surface area (Å²) in [6.45, 7) is 5.38. The van der Waals surface area contributed by atoms with Gasteiger partial charge in [0.05, 0.1) is 6.54 Å². The fourth-order valence-electron chi connectivity index (χ4n) is 3.26. The van der Waals surface area contributed by atoms with E-state index in [1.54, 1.807) is 41.3 Å². The fourth-order valence-corrected chi connectivity index (χ4v) is 3.26. The number of nitrogens with one attached hydrogen (secondary N) is 3. The van der Waals surface area contributed by atoms with Crippen molar-refractivity contribution in [3.05, 3.63) is 60.2 Å². The first kappa shape index (κ1) is 21.3. The Kier molecular flexibility index (Phi) is 7.40. The lowest BCUT2D eigenvalue weighted by Crippen LogP contribution is -2.51. The summed E-state index contributed by atoms with van der Waals surface area (Å²) in [5.74, 6) is -0.0374. The predicted octanol–water partition coefficient (Wildman–Crippen LogP) is 2.22. The van der Waals surface area contributed by atoms with Crippen molar-refractivity contribution in [2.24, 2.45) is 0 Å². The SMILES string of the molecule is CCNC(=O)CN1CCN(C(=O)c2ccc(NC(=O)Nc3ccccc3)cc2)CC1. The molecule has 0 atom stereocenters. The summed E-state index contributed by atoms with van der Waals surface area (Å²) in [5.41, 5.74) is 1.88. The lowest BCUT2D eigenvalue weighted by molar-refractivity contribution is -0.122. The Labute approximate surface area is 176 Å². The summed E-state index contributed by atoms with van der Waals surface area (Å²) >= 11 is 0. The van der Waals surface area contributed by atoms with Gasteiger partial charge in [-0.3, -0.25) is 14.5 Å². The smallest absolute Gasteiger partial charge is 0.323 e. The van der Waals surface area contributed by atoms with E-state index in [2.05, 4.69) is 16.0 Å². The minimum absolute atomic E-state index is 0.0108. The van der Waals surface area contributed by atoms with Crippen LogP contribution in [0.1, 0.15) is 17.3 Å². The summed E-state index contributed by atoms with van der Waals surface area (Å²) in [4.78, 5) is 40.3. The van der Waals surface area contributed by atoms with E-state index in [1.807, 2.05) is 30.0 Å². The molecule has 0 aliphatic carbocycles. The molecule has 2 aromatic carbocycles. The number of benzene rings is 2. The predicted molar refractivity (Wildman–Crippen MR) is 117 cm³/mol. The number of nitrogens with zero attached hydrogens (tertiary/aromatic N) is 2. The highest BCUT2D eigenvalue weighted by atomic mass is 16.2. The Balaban J connectivity index is 1.48. The number of carbonyl (C=O) groups is 3.